The van der Waals surface area contributed by atoms with Crippen LogP contribution in [0.2, 0.25) is 0 Å². The average molecular weight is 517 g/mol. The van der Waals surface area contributed by atoms with E-state index < -0.39 is 6.04 Å². The van der Waals surface area contributed by atoms with E-state index in [9.17, 15) is 14.4 Å². The number of fused-ring (bicyclic) bond motifs is 2. The van der Waals surface area contributed by atoms with Crippen molar-refractivity contribution in [3.8, 4) is 11.1 Å². The van der Waals surface area contributed by atoms with Gasteiger partial charge in [-0.2, -0.15) is 5.10 Å². The topological polar surface area (TPSA) is 110 Å². The van der Waals surface area contributed by atoms with Crippen LogP contribution in [-0.2, 0) is 16.1 Å². The smallest absolute Gasteiger partial charge is 0.245 e. The molecule has 9 nitrogen and oxygen atoms in total. The van der Waals surface area contributed by atoms with Gasteiger partial charge in [0, 0.05) is 42.4 Å². The van der Waals surface area contributed by atoms with Gasteiger partial charge in [-0.05, 0) is 55.2 Å². The van der Waals surface area contributed by atoms with E-state index in [1.54, 1.807) is 22.0 Å². The zero-order chi connectivity index (χ0) is 27.6. The van der Waals surface area contributed by atoms with Gasteiger partial charge in [-0.25, -0.2) is 9.97 Å². The summed E-state index contributed by atoms with van der Waals surface area (Å²) < 4.78 is 1.59. The van der Waals surface area contributed by atoms with E-state index in [0.29, 0.717) is 28.8 Å². The maximum absolute atomic E-state index is 13.7. The number of hydrogen-bond acceptors (Lipinski definition) is 6. The number of piperidine rings is 1. The summed E-state index contributed by atoms with van der Waals surface area (Å²) in [7, 11) is 0. The molecule has 1 saturated carbocycles. The highest BCUT2D eigenvalue weighted by Crippen LogP contribution is 2.59. The Labute approximate surface area is 223 Å². The number of aromatic nitrogens is 4. The summed E-state index contributed by atoms with van der Waals surface area (Å²) in [6, 6.07) is 5.21. The number of carbonyl (C=O) groups excluding carboxylic acids is 3. The molecule has 0 unspecified atom stereocenters. The van der Waals surface area contributed by atoms with Gasteiger partial charge in [0.1, 0.15) is 24.1 Å². The highest BCUT2D eigenvalue weighted by molar-refractivity contribution is 6.06. The molecule has 3 aromatic rings. The molecule has 2 aromatic heterocycles. The van der Waals surface area contributed by atoms with Gasteiger partial charge in [0.05, 0.1) is 5.52 Å². The Morgan fingerprint density at radius 2 is 1.82 bits per heavy atom. The Morgan fingerprint density at radius 3 is 2.45 bits per heavy atom. The number of rotatable bonds is 6. The highest BCUT2D eigenvalue weighted by atomic mass is 16.2. The Morgan fingerprint density at radius 1 is 1.13 bits per heavy atom. The molecule has 0 spiro atoms. The standard InChI is InChI=1S/C29H36N6O3/c1-16(36)26-21-10-19(20-13-30-18(3)31-14-20)8-9-22(21)34(33-26)15-25(37)35-23(11-29(7)12-24(29)35)27(38)32-17(2)28(4,5)6/h8-10,13-14,17,23-24H,11-12,15H2,1-7H3,(H,32,38)/t17-,23-,24+,29-/m0/s1. The third kappa shape index (κ3) is 4.59. The van der Waals surface area contributed by atoms with Crippen LogP contribution in [0.4, 0.5) is 0 Å². The first kappa shape index (κ1) is 26.0. The third-order valence-corrected chi connectivity index (χ3v) is 8.37. The molecule has 9 heteroatoms. The second kappa shape index (κ2) is 8.99. The monoisotopic (exact) mass is 516 g/mol. The number of benzene rings is 1. The maximum Gasteiger partial charge on any atom is 0.245 e. The van der Waals surface area contributed by atoms with Gasteiger partial charge >= 0.3 is 0 Å². The first-order chi connectivity index (χ1) is 17.8. The fourth-order valence-corrected chi connectivity index (χ4v) is 5.38. The number of ketones is 1. The minimum Gasteiger partial charge on any atom is -0.351 e. The normalized spacial score (nSPS) is 23.3. The quantitative estimate of drug-likeness (QED) is 0.497. The van der Waals surface area contributed by atoms with Crippen LogP contribution in [0.1, 0.15) is 70.7 Å². The van der Waals surface area contributed by atoms with Crippen LogP contribution >= 0.6 is 0 Å². The van der Waals surface area contributed by atoms with Crippen molar-refractivity contribution in [3.05, 3.63) is 42.1 Å². The minimum atomic E-state index is -0.502. The fourth-order valence-electron chi connectivity index (χ4n) is 5.38. The van der Waals surface area contributed by atoms with Crippen LogP contribution in [0.15, 0.2) is 30.6 Å². The first-order valence-electron chi connectivity index (χ1n) is 13.2. The number of hydrogen-bond donors (Lipinski definition) is 1. The molecule has 0 bridgehead atoms. The van der Waals surface area contributed by atoms with E-state index in [2.05, 4.69) is 48.1 Å². The number of amides is 2. The molecular weight excluding hydrogens is 480 g/mol. The highest BCUT2D eigenvalue weighted by Gasteiger charge is 2.64. The van der Waals surface area contributed by atoms with Crippen molar-refractivity contribution in [1.29, 1.82) is 0 Å². The first-order valence-corrected chi connectivity index (χ1v) is 13.2. The molecule has 1 aliphatic carbocycles. The van der Waals surface area contributed by atoms with Crippen LogP contribution in [-0.4, -0.2) is 60.4 Å². The largest absolute Gasteiger partial charge is 0.351 e. The van der Waals surface area contributed by atoms with Crippen molar-refractivity contribution in [2.24, 2.45) is 10.8 Å². The second-order valence-electron chi connectivity index (χ2n) is 12.3. The lowest BCUT2D eigenvalue weighted by Gasteiger charge is -2.32. The van der Waals surface area contributed by atoms with E-state index >= 15 is 0 Å². The predicted octanol–water partition coefficient (Wildman–Crippen LogP) is 3.93. The number of nitrogens with one attached hydrogen (secondary N) is 1. The second-order valence-corrected chi connectivity index (χ2v) is 12.3. The lowest BCUT2D eigenvalue weighted by atomic mass is 9.87. The molecular formula is C29H36N6O3. The van der Waals surface area contributed by atoms with Crippen molar-refractivity contribution >= 4 is 28.5 Å². The molecule has 38 heavy (non-hydrogen) atoms. The van der Waals surface area contributed by atoms with E-state index in [1.807, 2.05) is 32.0 Å². The molecule has 200 valence electrons. The van der Waals surface area contributed by atoms with E-state index in [-0.39, 0.29) is 47.1 Å². The summed E-state index contributed by atoms with van der Waals surface area (Å²) in [5, 5.41) is 8.35. The molecule has 4 atom stereocenters. The number of nitrogens with zero attached hydrogens (tertiary/aromatic N) is 5. The van der Waals surface area contributed by atoms with Crippen LogP contribution < -0.4 is 5.32 Å². The Balaban J connectivity index is 1.43. The SMILES string of the molecule is CC(=O)c1nn(CC(=O)N2[C@H](C(=O)N[C@@H](C)C(C)(C)C)C[C@@]3(C)C[C@@H]23)c2ccc(-c3cnc(C)nc3)cc12. The zero-order valence-corrected chi connectivity index (χ0v) is 23.2. The van der Waals surface area contributed by atoms with E-state index in [4.69, 9.17) is 0 Å². The molecule has 1 N–H and O–H groups in total. The molecule has 1 aromatic carbocycles. The van der Waals surface area contributed by atoms with Gasteiger partial charge in [0.15, 0.2) is 5.78 Å². The summed E-state index contributed by atoms with van der Waals surface area (Å²) in [6.07, 6.45) is 5.05. The van der Waals surface area contributed by atoms with Crippen molar-refractivity contribution in [3.63, 3.8) is 0 Å². The molecule has 2 amide bonds. The summed E-state index contributed by atoms with van der Waals surface area (Å²) in [5.41, 5.74) is 2.60. The van der Waals surface area contributed by atoms with Gasteiger partial charge in [0.2, 0.25) is 11.8 Å². The zero-order valence-electron chi connectivity index (χ0n) is 23.2. The van der Waals surface area contributed by atoms with Gasteiger partial charge in [-0.3, -0.25) is 19.1 Å². The van der Waals surface area contributed by atoms with Gasteiger partial charge in [-0.15, -0.1) is 0 Å². The molecule has 5 rings (SSSR count). The lowest BCUT2D eigenvalue weighted by Crippen LogP contribution is -2.52. The van der Waals surface area contributed by atoms with Crippen LogP contribution in [0.3, 0.4) is 0 Å². The molecule has 0 radical (unpaired) electrons. The van der Waals surface area contributed by atoms with Crippen molar-refractivity contribution in [1.82, 2.24) is 30.0 Å². The van der Waals surface area contributed by atoms with Gasteiger partial charge in [0.25, 0.3) is 0 Å². The molecule has 1 saturated heterocycles. The molecule has 3 heterocycles. The van der Waals surface area contributed by atoms with E-state index in [1.165, 1.54) is 6.92 Å². The Kier molecular flexibility index (Phi) is 6.16. The predicted molar refractivity (Wildman–Crippen MR) is 144 cm³/mol. The Bertz CT molecular complexity index is 1440. The number of likely N-dealkylation sites (tertiary alicyclic amines) is 1. The summed E-state index contributed by atoms with van der Waals surface area (Å²) >= 11 is 0. The number of carbonyl (C=O) groups is 3. The third-order valence-electron chi connectivity index (χ3n) is 8.37. The average Bonchev–Trinajstić information content (AvgIpc) is 3.21. The minimum absolute atomic E-state index is 0.0234. The molecule has 2 fully saturated rings. The van der Waals surface area contributed by atoms with Crippen molar-refractivity contribution in [2.75, 3.05) is 0 Å². The van der Waals surface area contributed by atoms with E-state index in [0.717, 1.165) is 17.5 Å². The van der Waals surface area contributed by atoms with Crippen LogP contribution in [0, 0.1) is 17.8 Å². The summed E-state index contributed by atoms with van der Waals surface area (Å²) in [4.78, 5) is 49.8. The fraction of sp³-hybridized carbons (Fsp3) is 0.517. The number of Topliss-reactive ketones (excluding diaryl/α,β-unsaturated/α-hetero) is 1. The van der Waals surface area contributed by atoms with Gasteiger partial charge < -0.3 is 10.2 Å². The summed E-state index contributed by atoms with van der Waals surface area (Å²) in [6.45, 7) is 13.7. The Hall–Kier alpha value is -3.62. The van der Waals surface area contributed by atoms with Crippen molar-refractivity contribution in [2.45, 2.75) is 86.0 Å². The van der Waals surface area contributed by atoms with Crippen molar-refractivity contribution < 1.29 is 14.4 Å². The van der Waals surface area contributed by atoms with Gasteiger partial charge in [-0.1, -0.05) is 33.8 Å². The van der Waals surface area contributed by atoms with Crippen LogP contribution in [0.5, 0.6) is 0 Å². The lowest BCUT2D eigenvalue weighted by molar-refractivity contribution is -0.140. The molecule has 1 aliphatic heterocycles. The summed E-state index contributed by atoms with van der Waals surface area (Å²) in [5.74, 6) is 0.242. The molecule has 2 aliphatic rings. The maximum atomic E-state index is 13.7. The van der Waals surface area contributed by atoms with Crippen LogP contribution in [0.25, 0.3) is 22.0 Å². The number of aryl methyl sites for hydroxylation is 1.